The molecule has 1 aliphatic rings. The zero-order valence-corrected chi connectivity index (χ0v) is 12.6. The average molecular weight is 294 g/mol. The van der Waals surface area contributed by atoms with E-state index < -0.39 is 10.0 Å². The predicted molar refractivity (Wildman–Crippen MR) is 82.3 cm³/mol. The molecule has 0 saturated heterocycles. The van der Waals surface area contributed by atoms with Crippen molar-refractivity contribution < 1.29 is 8.42 Å². The summed E-state index contributed by atoms with van der Waals surface area (Å²) in [6.45, 7) is 2.41. The topological polar surface area (TPSA) is 58.2 Å². The van der Waals surface area contributed by atoms with E-state index in [1.54, 1.807) is 12.1 Å². The van der Waals surface area contributed by atoms with Crippen LogP contribution < -0.4 is 10.0 Å². The molecule has 4 nitrogen and oxygen atoms in total. The van der Waals surface area contributed by atoms with Crippen LogP contribution in [-0.4, -0.2) is 21.0 Å². The maximum Gasteiger partial charge on any atom is 0.240 e. The summed E-state index contributed by atoms with van der Waals surface area (Å²) < 4.78 is 26.5. The third-order valence-electron chi connectivity index (χ3n) is 3.35. The normalized spacial score (nSPS) is 18.9. The lowest BCUT2D eigenvalue weighted by Gasteiger charge is -2.20. The molecule has 1 atom stereocenters. The van der Waals surface area contributed by atoms with Crippen molar-refractivity contribution in [2.75, 3.05) is 11.9 Å². The van der Waals surface area contributed by atoms with Gasteiger partial charge in [-0.1, -0.05) is 19.1 Å². The fourth-order valence-electron chi connectivity index (χ4n) is 2.21. The van der Waals surface area contributed by atoms with Crippen LogP contribution in [0.15, 0.2) is 41.3 Å². The Bertz CT molecular complexity index is 550. The fourth-order valence-corrected chi connectivity index (χ4v) is 3.34. The monoisotopic (exact) mass is 294 g/mol. The molecule has 0 aliphatic heterocycles. The van der Waals surface area contributed by atoms with E-state index in [2.05, 4.69) is 22.2 Å². The molecule has 2 rings (SSSR count). The first-order chi connectivity index (χ1) is 9.62. The molecule has 5 heteroatoms. The number of rotatable bonds is 6. The van der Waals surface area contributed by atoms with E-state index in [4.69, 9.17) is 0 Å². The summed E-state index contributed by atoms with van der Waals surface area (Å²) in [6, 6.07) is 7.41. The van der Waals surface area contributed by atoms with Gasteiger partial charge in [-0.3, -0.25) is 0 Å². The van der Waals surface area contributed by atoms with E-state index in [1.165, 1.54) is 0 Å². The second-order valence-electron chi connectivity index (χ2n) is 5.05. The summed E-state index contributed by atoms with van der Waals surface area (Å²) >= 11 is 0. The zero-order valence-electron chi connectivity index (χ0n) is 11.8. The molecule has 1 aliphatic carbocycles. The van der Waals surface area contributed by atoms with Crippen molar-refractivity contribution in [2.45, 2.75) is 43.5 Å². The van der Waals surface area contributed by atoms with E-state index in [0.29, 0.717) is 17.5 Å². The van der Waals surface area contributed by atoms with Gasteiger partial charge < -0.3 is 5.32 Å². The molecule has 0 amide bonds. The van der Waals surface area contributed by atoms with Gasteiger partial charge in [0.1, 0.15) is 0 Å². The quantitative estimate of drug-likeness (QED) is 0.793. The van der Waals surface area contributed by atoms with E-state index in [1.807, 2.05) is 19.1 Å². The van der Waals surface area contributed by atoms with Crippen LogP contribution >= 0.6 is 0 Å². The largest absolute Gasteiger partial charge is 0.382 e. The molecule has 0 bridgehead atoms. The number of benzene rings is 1. The average Bonchev–Trinajstić information content (AvgIpc) is 2.47. The summed E-state index contributed by atoms with van der Waals surface area (Å²) in [5.74, 6) is 0. The molecule has 110 valence electrons. The van der Waals surface area contributed by atoms with E-state index in [0.717, 1.165) is 31.4 Å². The van der Waals surface area contributed by atoms with Gasteiger partial charge in [0, 0.05) is 18.3 Å². The van der Waals surface area contributed by atoms with Gasteiger partial charge >= 0.3 is 0 Å². The predicted octanol–water partition coefficient (Wildman–Crippen LogP) is 2.90. The van der Waals surface area contributed by atoms with E-state index >= 15 is 0 Å². The highest BCUT2D eigenvalue weighted by Crippen LogP contribution is 2.19. The molecule has 0 radical (unpaired) electrons. The smallest absolute Gasteiger partial charge is 0.240 e. The van der Waals surface area contributed by atoms with Crippen LogP contribution in [-0.2, 0) is 10.0 Å². The molecule has 1 aromatic carbocycles. The summed E-state index contributed by atoms with van der Waals surface area (Å²) in [5.41, 5.74) is 0.972. The Balaban J connectivity index is 2.00. The minimum atomic E-state index is -3.36. The Morgan fingerprint density at radius 1 is 1.20 bits per heavy atom. The van der Waals surface area contributed by atoms with Gasteiger partial charge in [0.15, 0.2) is 0 Å². The Hall–Kier alpha value is -1.33. The second kappa shape index (κ2) is 6.90. The first-order valence-electron chi connectivity index (χ1n) is 7.13. The maximum atomic E-state index is 12.0. The van der Waals surface area contributed by atoms with Crippen molar-refractivity contribution in [3.05, 3.63) is 36.4 Å². The lowest BCUT2D eigenvalue weighted by atomic mass is 10.0. The van der Waals surface area contributed by atoms with Gasteiger partial charge in [-0.15, -0.1) is 0 Å². The minimum absolute atomic E-state index is 0.319. The van der Waals surface area contributed by atoms with Gasteiger partial charge in [-0.25, -0.2) is 13.1 Å². The molecule has 2 N–H and O–H groups in total. The summed E-state index contributed by atoms with van der Waals surface area (Å²) in [7, 11) is -3.36. The zero-order chi connectivity index (χ0) is 14.4. The third-order valence-corrected chi connectivity index (χ3v) is 4.82. The van der Waals surface area contributed by atoms with Gasteiger partial charge in [0.05, 0.1) is 4.90 Å². The van der Waals surface area contributed by atoms with Gasteiger partial charge in [0.2, 0.25) is 10.0 Å². The van der Waals surface area contributed by atoms with Crippen molar-refractivity contribution >= 4 is 15.7 Å². The standard InChI is InChI=1S/C15H22N2O2S/c1-2-12-16-20(18,19)15-10-8-14(9-11-15)17-13-6-4-3-5-7-13/h3-4,8-11,13,16-17H,2,5-7,12H2,1H3. The van der Waals surface area contributed by atoms with Crippen LogP contribution in [0.25, 0.3) is 0 Å². The molecule has 0 heterocycles. The summed E-state index contributed by atoms with van der Waals surface area (Å²) in [5, 5.41) is 3.44. The molecule has 20 heavy (non-hydrogen) atoms. The van der Waals surface area contributed by atoms with Crippen molar-refractivity contribution in [3.8, 4) is 0 Å². The SMILES string of the molecule is CCCNS(=O)(=O)c1ccc(NC2CC=CCC2)cc1. The molecule has 1 unspecified atom stereocenters. The van der Waals surface area contributed by atoms with Gasteiger partial charge in [-0.2, -0.15) is 0 Å². The Morgan fingerprint density at radius 2 is 1.95 bits per heavy atom. The summed E-state index contributed by atoms with van der Waals surface area (Å²) in [6.07, 6.45) is 8.42. The van der Waals surface area contributed by atoms with E-state index in [-0.39, 0.29) is 0 Å². The number of anilines is 1. The molecule has 0 saturated carbocycles. The van der Waals surface area contributed by atoms with Crippen LogP contribution in [0.5, 0.6) is 0 Å². The molecule has 1 aromatic rings. The lowest BCUT2D eigenvalue weighted by Crippen LogP contribution is -2.24. The van der Waals surface area contributed by atoms with Crippen molar-refractivity contribution in [2.24, 2.45) is 0 Å². The van der Waals surface area contributed by atoms with E-state index in [9.17, 15) is 8.42 Å². The molecular weight excluding hydrogens is 272 g/mol. The van der Waals surface area contributed by atoms with Crippen molar-refractivity contribution in [1.82, 2.24) is 4.72 Å². The first-order valence-corrected chi connectivity index (χ1v) is 8.61. The summed E-state index contributed by atoms with van der Waals surface area (Å²) in [4.78, 5) is 0.319. The molecule has 0 fully saturated rings. The van der Waals surface area contributed by atoms with Crippen LogP contribution in [0, 0.1) is 0 Å². The number of nitrogens with one attached hydrogen (secondary N) is 2. The van der Waals surface area contributed by atoms with Crippen molar-refractivity contribution in [3.63, 3.8) is 0 Å². The lowest BCUT2D eigenvalue weighted by molar-refractivity contribution is 0.581. The van der Waals surface area contributed by atoms with Gasteiger partial charge in [-0.05, 0) is 49.9 Å². The maximum absolute atomic E-state index is 12.0. The number of hydrogen-bond donors (Lipinski definition) is 2. The second-order valence-corrected chi connectivity index (χ2v) is 6.81. The fraction of sp³-hybridized carbons (Fsp3) is 0.467. The highest BCUT2D eigenvalue weighted by atomic mass is 32.2. The molecular formula is C15H22N2O2S. The number of sulfonamides is 1. The Kier molecular flexibility index (Phi) is 5.20. The molecule has 0 aromatic heterocycles. The minimum Gasteiger partial charge on any atom is -0.382 e. The van der Waals surface area contributed by atoms with Crippen LogP contribution in [0.4, 0.5) is 5.69 Å². The Labute approximate surface area is 121 Å². The third kappa shape index (κ3) is 4.08. The van der Waals surface area contributed by atoms with Crippen LogP contribution in [0.3, 0.4) is 0 Å². The van der Waals surface area contributed by atoms with Crippen LogP contribution in [0.1, 0.15) is 32.6 Å². The first kappa shape index (κ1) is 15.1. The Morgan fingerprint density at radius 3 is 2.55 bits per heavy atom. The van der Waals surface area contributed by atoms with Crippen molar-refractivity contribution in [1.29, 1.82) is 0 Å². The highest BCUT2D eigenvalue weighted by molar-refractivity contribution is 7.89. The number of hydrogen-bond acceptors (Lipinski definition) is 3. The van der Waals surface area contributed by atoms with Gasteiger partial charge in [0.25, 0.3) is 0 Å². The molecule has 0 spiro atoms. The van der Waals surface area contributed by atoms with Crippen LogP contribution in [0.2, 0.25) is 0 Å². The highest BCUT2D eigenvalue weighted by Gasteiger charge is 2.13. The number of allylic oxidation sites excluding steroid dienone is 1.